The predicted molar refractivity (Wildman–Crippen MR) is 74.0 cm³/mol. The minimum absolute atomic E-state index is 0.169. The average molecular weight is 302 g/mol. The second-order valence-electron chi connectivity index (χ2n) is 4.92. The summed E-state index contributed by atoms with van der Waals surface area (Å²) in [4.78, 5) is 0. The van der Waals surface area contributed by atoms with Crippen LogP contribution in [-0.2, 0) is 20.5 Å². The van der Waals surface area contributed by atoms with E-state index in [4.69, 9.17) is 10.5 Å². The Morgan fingerprint density at radius 2 is 2.05 bits per heavy atom. The zero-order valence-corrected chi connectivity index (χ0v) is 12.1. The number of nitrogens with two attached hydrogens (primary N) is 1. The maximum atomic E-state index is 12.8. The fourth-order valence-electron chi connectivity index (χ4n) is 2.24. The van der Waals surface area contributed by atoms with E-state index >= 15 is 0 Å². The van der Waals surface area contributed by atoms with Gasteiger partial charge in [-0.15, -0.1) is 0 Å². The molecular weight excluding hydrogens is 283 g/mol. The molecule has 0 spiro atoms. The van der Waals surface area contributed by atoms with Crippen molar-refractivity contribution in [3.63, 3.8) is 0 Å². The summed E-state index contributed by atoms with van der Waals surface area (Å²) in [5.74, 6) is -0.591. The molecule has 1 saturated carbocycles. The van der Waals surface area contributed by atoms with E-state index in [0.29, 0.717) is 18.6 Å². The largest absolute Gasteiger partial charge is 0.377 e. The number of ether oxygens (including phenoxy) is 1. The van der Waals surface area contributed by atoms with E-state index in [1.807, 2.05) is 6.92 Å². The lowest BCUT2D eigenvalue weighted by Gasteiger charge is -2.42. The molecule has 0 saturated heterocycles. The van der Waals surface area contributed by atoms with Crippen LogP contribution in [0.1, 0.15) is 18.9 Å². The summed E-state index contributed by atoms with van der Waals surface area (Å²) in [6, 6.07) is 4.77. The fourth-order valence-corrected chi connectivity index (χ4v) is 3.70. The maximum Gasteiger partial charge on any atom is 0.216 e. The van der Waals surface area contributed by atoms with Gasteiger partial charge in [-0.25, -0.2) is 17.5 Å². The third-order valence-electron chi connectivity index (χ3n) is 3.33. The van der Waals surface area contributed by atoms with Crippen LogP contribution in [0, 0.1) is 5.82 Å². The van der Waals surface area contributed by atoms with Gasteiger partial charge in [-0.1, -0.05) is 12.1 Å². The minimum atomic E-state index is -3.52. The molecule has 20 heavy (non-hydrogen) atoms. The van der Waals surface area contributed by atoms with Gasteiger partial charge >= 0.3 is 0 Å². The van der Waals surface area contributed by atoms with Crippen molar-refractivity contribution in [3.05, 3.63) is 35.6 Å². The summed E-state index contributed by atoms with van der Waals surface area (Å²) in [5.41, 5.74) is 6.33. The van der Waals surface area contributed by atoms with Crippen molar-refractivity contribution >= 4 is 10.0 Å². The minimum Gasteiger partial charge on any atom is -0.377 e. The van der Waals surface area contributed by atoms with E-state index in [-0.39, 0.29) is 23.9 Å². The highest BCUT2D eigenvalue weighted by molar-refractivity contribution is 7.88. The van der Waals surface area contributed by atoms with Crippen molar-refractivity contribution in [2.75, 3.05) is 6.61 Å². The van der Waals surface area contributed by atoms with E-state index in [1.54, 1.807) is 0 Å². The molecule has 1 aliphatic carbocycles. The Labute approximate surface area is 118 Å². The van der Waals surface area contributed by atoms with Gasteiger partial charge in [0.2, 0.25) is 10.0 Å². The van der Waals surface area contributed by atoms with E-state index in [2.05, 4.69) is 4.72 Å². The number of hydrogen-bond donors (Lipinski definition) is 2. The molecule has 1 aromatic carbocycles. The molecule has 0 heterocycles. The molecule has 1 aromatic rings. The second kappa shape index (κ2) is 6.17. The van der Waals surface area contributed by atoms with Crippen LogP contribution in [0.5, 0.6) is 0 Å². The highest BCUT2D eigenvalue weighted by Crippen LogP contribution is 2.23. The molecular formula is C13H19FN2O3S. The molecule has 2 rings (SSSR count). The van der Waals surface area contributed by atoms with Gasteiger partial charge in [0.05, 0.1) is 17.9 Å². The summed E-state index contributed by atoms with van der Waals surface area (Å²) in [6.07, 6.45) is 0.482. The first-order valence-electron chi connectivity index (χ1n) is 6.53. The number of benzene rings is 1. The Hall–Kier alpha value is -1.02. The third-order valence-corrected chi connectivity index (χ3v) is 4.68. The van der Waals surface area contributed by atoms with E-state index < -0.39 is 15.8 Å². The van der Waals surface area contributed by atoms with Crippen LogP contribution in [0.4, 0.5) is 4.39 Å². The van der Waals surface area contributed by atoms with Crippen LogP contribution in [0.25, 0.3) is 0 Å². The van der Waals surface area contributed by atoms with Gasteiger partial charge in [0.15, 0.2) is 0 Å². The Bertz CT molecular complexity index is 545. The molecule has 1 fully saturated rings. The van der Waals surface area contributed by atoms with Crippen molar-refractivity contribution in [3.8, 4) is 0 Å². The second-order valence-corrected chi connectivity index (χ2v) is 6.68. The summed E-state index contributed by atoms with van der Waals surface area (Å²) < 4.78 is 44.9. The number of sulfonamides is 1. The van der Waals surface area contributed by atoms with Crippen molar-refractivity contribution in [2.45, 2.75) is 37.3 Å². The zero-order valence-electron chi connectivity index (χ0n) is 11.3. The lowest BCUT2D eigenvalue weighted by Crippen LogP contribution is -2.64. The smallest absolute Gasteiger partial charge is 0.216 e. The van der Waals surface area contributed by atoms with Crippen molar-refractivity contribution in [2.24, 2.45) is 5.73 Å². The number of rotatable bonds is 6. The molecule has 1 aliphatic rings. The Morgan fingerprint density at radius 1 is 1.40 bits per heavy atom. The third kappa shape index (κ3) is 3.76. The van der Waals surface area contributed by atoms with Gasteiger partial charge in [0, 0.05) is 12.6 Å². The standard InChI is InChI=1S/C13H19FN2O3S/c1-2-19-12-7-11(15)13(12)16-20(17,18)8-9-3-5-10(14)6-4-9/h3-6,11-13,16H,2,7-8,15H2,1H3. The molecule has 3 N–H and O–H groups in total. The average Bonchev–Trinajstić information content (AvgIpc) is 2.39. The van der Waals surface area contributed by atoms with Gasteiger partial charge < -0.3 is 10.5 Å². The van der Waals surface area contributed by atoms with Gasteiger partial charge in [0.25, 0.3) is 0 Å². The van der Waals surface area contributed by atoms with E-state index in [9.17, 15) is 12.8 Å². The first-order chi connectivity index (χ1) is 9.41. The SMILES string of the molecule is CCOC1CC(N)C1NS(=O)(=O)Cc1ccc(F)cc1. The van der Waals surface area contributed by atoms with Crippen LogP contribution in [0.2, 0.25) is 0 Å². The topological polar surface area (TPSA) is 81.4 Å². The van der Waals surface area contributed by atoms with Crippen molar-refractivity contribution in [1.82, 2.24) is 4.72 Å². The molecule has 0 aromatic heterocycles. The van der Waals surface area contributed by atoms with Crippen molar-refractivity contribution < 1.29 is 17.5 Å². The van der Waals surface area contributed by atoms with Crippen LogP contribution < -0.4 is 10.5 Å². The molecule has 0 radical (unpaired) electrons. The highest BCUT2D eigenvalue weighted by atomic mass is 32.2. The van der Waals surface area contributed by atoms with Crippen LogP contribution in [-0.4, -0.2) is 33.2 Å². The lowest BCUT2D eigenvalue weighted by atomic mass is 9.84. The maximum absolute atomic E-state index is 12.8. The molecule has 3 unspecified atom stereocenters. The number of nitrogens with one attached hydrogen (secondary N) is 1. The summed E-state index contributed by atoms with van der Waals surface area (Å²) in [7, 11) is -3.52. The van der Waals surface area contributed by atoms with Gasteiger partial charge in [-0.05, 0) is 31.0 Å². The predicted octanol–water partition coefficient (Wildman–Crippen LogP) is 0.750. The van der Waals surface area contributed by atoms with Gasteiger partial charge in [0.1, 0.15) is 5.82 Å². The molecule has 7 heteroatoms. The lowest BCUT2D eigenvalue weighted by molar-refractivity contribution is -0.0248. The highest BCUT2D eigenvalue weighted by Gasteiger charge is 2.41. The van der Waals surface area contributed by atoms with Gasteiger partial charge in [-0.2, -0.15) is 0 Å². The normalized spacial score (nSPS) is 26.2. The van der Waals surface area contributed by atoms with E-state index in [0.717, 1.165) is 0 Å². The van der Waals surface area contributed by atoms with Crippen molar-refractivity contribution in [1.29, 1.82) is 0 Å². The Kier molecular flexibility index (Phi) is 4.74. The van der Waals surface area contributed by atoms with Gasteiger partial charge in [-0.3, -0.25) is 0 Å². The molecule has 3 atom stereocenters. The number of hydrogen-bond acceptors (Lipinski definition) is 4. The molecule has 112 valence electrons. The van der Waals surface area contributed by atoms with Crippen LogP contribution in [0.3, 0.4) is 0 Å². The Balaban J connectivity index is 1.98. The summed E-state index contributed by atoms with van der Waals surface area (Å²) in [6.45, 7) is 2.38. The number of halogens is 1. The van der Waals surface area contributed by atoms with Crippen LogP contribution >= 0.6 is 0 Å². The monoisotopic (exact) mass is 302 g/mol. The molecule has 0 amide bonds. The first kappa shape index (κ1) is 15.4. The Morgan fingerprint density at radius 3 is 2.60 bits per heavy atom. The fraction of sp³-hybridized carbons (Fsp3) is 0.538. The molecule has 0 bridgehead atoms. The summed E-state index contributed by atoms with van der Waals surface area (Å²) in [5, 5.41) is 0. The summed E-state index contributed by atoms with van der Waals surface area (Å²) >= 11 is 0. The quantitative estimate of drug-likeness (QED) is 0.812. The molecule has 0 aliphatic heterocycles. The molecule has 5 nitrogen and oxygen atoms in total. The first-order valence-corrected chi connectivity index (χ1v) is 8.18. The van der Waals surface area contributed by atoms with Crippen LogP contribution in [0.15, 0.2) is 24.3 Å². The van der Waals surface area contributed by atoms with E-state index in [1.165, 1.54) is 24.3 Å². The zero-order chi connectivity index (χ0) is 14.8.